The van der Waals surface area contributed by atoms with Gasteiger partial charge in [-0.25, -0.2) is 14.8 Å². The van der Waals surface area contributed by atoms with Crippen molar-refractivity contribution in [2.75, 3.05) is 5.32 Å². The van der Waals surface area contributed by atoms with Crippen molar-refractivity contribution in [2.24, 2.45) is 0 Å². The standard InChI is InChI=1S/C18H16ClN3O2/c1-10(12-4-3-5-14(19)8-12)20-17-15-9-13(18(23)24)6-7-16(15)21-11(2)22-17/h3-10H,1-2H3,(H,23,24)(H,20,21,22)/t10-/m1/s1. The van der Waals surface area contributed by atoms with E-state index in [2.05, 4.69) is 15.3 Å². The van der Waals surface area contributed by atoms with E-state index in [0.717, 1.165) is 5.56 Å². The van der Waals surface area contributed by atoms with Gasteiger partial charge in [0.2, 0.25) is 0 Å². The van der Waals surface area contributed by atoms with Crippen LogP contribution in [0.5, 0.6) is 0 Å². The Kier molecular flexibility index (Phi) is 4.36. The van der Waals surface area contributed by atoms with Gasteiger partial charge in [-0.1, -0.05) is 23.7 Å². The number of fused-ring (bicyclic) bond motifs is 1. The Balaban J connectivity index is 2.04. The molecule has 0 bridgehead atoms. The Morgan fingerprint density at radius 2 is 2.00 bits per heavy atom. The minimum atomic E-state index is -0.980. The predicted molar refractivity (Wildman–Crippen MR) is 94.7 cm³/mol. The van der Waals surface area contributed by atoms with E-state index in [9.17, 15) is 9.90 Å². The van der Waals surface area contributed by atoms with Gasteiger partial charge in [-0.15, -0.1) is 0 Å². The highest BCUT2D eigenvalue weighted by Gasteiger charge is 2.13. The van der Waals surface area contributed by atoms with Crippen LogP contribution in [0.2, 0.25) is 5.02 Å². The van der Waals surface area contributed by atoms with E-state index in [-0.39, 0.29) is 11.6 Å². The van der Waals surface area contributed by atoms with Crippen LogP contribution in [-0.2, 0) is 0 Å². The molecule has 122 valence electrons. The Morgan fingerprint density at radius 3 is 2.71 bits per heavy atom. The number of carbonyl (C=O) groups is 1. The lowest BCUT2D eigenvalue weighted by molar-refractivity contribution is 0.0697. The van der Waals surface area contributed by atoms with Crippen LogP contribution in [0, 0.1) is 6.92 Å². The fourth-order valence-electron chi connectivity index (χ4n) is 2.55. The number of aromatic nitrogens is 2. The fourth-order valence-corrected chi connectivity index (χ4v) is 2.75. The molecule has 0 spiro atoms. The number of anilines is 1. The van der Waals surface area contributed by atoms with Crippen LogP contribution in [0.1, 0.15) is 34.7 Å². The average molecular weight is 342 g/mol. The molecule has 0 amide bonds. The van der Waals surface area contributed by atoms with Crippen LogP contribution in [0.4, 0.5) is 5.82 Å². The summed E-state index contributed by atoms with van der Waals surface area (Å²) in [6.07, 6.45) is 0. The second kappa shape index (κ2) is 6.45. The molecule has 3 aromatic rings. The minimum absolute atomic E-state index is 0.0466. The molecule has 0 aliphatic carbocycles. The number of hydrogen-bond donors (Lipinski definition) is 2. The molecule has 6 heteroatoms. The van der Waals surface area contributed by atoms with Crippen molar-refractivity contribution in [1.82, 2.24) is 9.97 Å². The molecular formula is C18H16ClN3O2. The first kappa shape index (κ1) is 16.2. The van der Waals surface area contributed by atoms with Crippen LogP contribution >= 0.6 is 11.6 Å². The number of hydrogen-bond acceptors (Lipinski definition) is 4. The number of aryl methyl sites for hydroxylation is 1. The van der Waals surface area contributed by atoms with E-state index in [0.29, 0.717) is 27.6 Å². The Labute approximate surface area is 144 Å². The molecule has 24 heavy (non-hydrogen) atoms. The number of nitrogens with zero attached hydrogens (tertiary/aromatic N) is 2. The van der Waals surface area contributed by atoms with E-state index in [1.54, 1.807) is 25.1 Å². The van der Waals surface area contributed by atoms with Crippen molar-refractivity contribution < 1.29 is 9.90 Å². The Bertz CT molecular complexity index is 927. The SMILES string of the molecule is Cc1nc(N[C@H](C)c2cccc(Cl)c2)c2cc(C(=O)O)ccc2n1. The summed E-state index contributed by atoms with van der Waals surface area (Å²) in [6.45, 7) is 3.80. The second-order valence-electron chi connectivity index (χ2n) is 5.58. The smallest absolute Gasteiger partial charge is 0.335 e. The molecule has 0 unspecified atom stereocenters. The number of benzene rings is 2. The Morgan fingerprint density at radius 1 is 1.21 bits per heavy atom. The van der Waals surface area contributed by atoms with Crippen molar-refractivity contribution in [3.8, 4) is 0 Å². The molecule has 0 radical (unpaired) electrons. The molecule has 3 rings (SSSR count). The van der Waals surface area contributed by atoms with E-state index in [1.165, 1.54) is 0 Å². The lowest BCUT2D eigenvalue weighted by atomic mass is 10.1. The molecule has 0 saturated heterocycles. The van der Waals surface area contributed by atoms with Crippen LogP contribution in [0.3, 0.4) is 0 Å². The summed E-state index contributed by atoms with van der Waals surface area (Å²) in [4.78, 5) is 20.0. The van der Waals surface area contributed by atoms with Gasteiger partial charge < -0.3 is 10.4 Å². The second-order valence-corrected chi connectivity index (χ2v) is 6.01. The van der Waals surface area contributed by atoms with Crippen molar-refractivity contribution in [1.29, 1.82) is 0 Å². The molecule has 0 aliphatic rings. The van der Waals surface area contributed by atoms with E-state index < -0.39 is 5.97 Å². The Hall–Kier alpha value is -2.66. The van der Waals surface area contributed by atoms with Gasteiger partial charge in [0.1, 0.15) is 11.6 Å². The summed E-state index contributed by atoms with van der Waals surface area (Å²) in [5, 5.41) is 13.9. The van der Waals surface area contributed by atoms with Crippen LogP contribution < -0.4 is 5.32 Å². The van der Waals surface area contributed by atoms with Gasteiger partial charge in [0.25, 0.3) is 0 Å². The quantitative estimate of drug-likeness (QED) is 0.732. The lowest BCUT2D eigenvalue weighted by Crippen LogP contribution is -2.10. The summed E-state index contributed by atoms with van der Waals surface area (Å²) in [5.74, 6) is 0.241. The van der Waals surface area contributed by atoms with Gasteiger partial charge in [0, 0.05) is 10.4 Å². The van der Waals surface area contributed by atoms with E-state index in [4.69, 9.17) is 11.6 Å². The van der Waals surface area contributed by atoms with Gasteiger partial charge in [-0.05, 0) is 49.7 Å². The normalized spacial score (nSPS) is 12.1. The number of halogens is 1. The third-order valence-corrected chi connectivity index (χ3v) is 3.99. The van der Waals surface area contributed by atoms with Crippen LogP contribution in [-0.4, -0.2) is 21.0 Å². The zero-order valence-corrected chi connectivity index (χ0v) is 14.0. The van der Waals surface area contributed by atoms with Gasteiger partial charge in [0.15, 0.2) is 0 Å². The van der Waals surface area contributed by atoms with Gasteiger partial charge in [-0.3, -0.25) is 0 Å². The van der Waals surface area contributed by atoms with Crippen LogP contribution in [0.15, 0.2) is 42.5 Å². The molecule has 0 saturated carbocycles. The highest BCUT2D eigenvalue weighted by Crippen LogP contribution is 2.26. The fraction of sp³-hybridized carbons (Fsp3) is 0.167. The maximum absolute atomic E-state index is 11.2. The molecule has 1 atom stereocenters. The summed E-state index contributed by atoms with van der Waals surface area (Å²) < 4.78 is 0. The highest BCUT2D eigenvalue weighted by atomic mass is 35.5. The first-order valence-electron chi connectivity index (χ1n) is 7.48. The number of rotatable bonds is 4. The largest absolute Gasteiger partial charge is 0.478 e. The maximum Gasteiger partial charge on any atom is 0.335 e. The van der Waals surface area contributed by atoms with Crippen molar-refractivity contribution >= 4 is 34.3 Å². The molecule has 2 aromatic carbocycles. The first-order chi connectivity index (χ1) is 11.4. The maximum atomic E-state index is 11.2. The van der Waals surface area contributed by atoms with E-state index >= 15 is 0 Å². The third kappa shape index (κ3) is 3.31. The molecule has 1 heterocycles. The van der Waals surface area contributed by atoms with Crippen molar-refractivity contribution in [2.45, 2.75) is 19.9 Å². The number of carboxylic acids is 1. The van der Waals surface area contributed by atoms with Crippen LogP contribution in [0.25, 0.3) is 10.9 Å². The van der Waals surface area contributed by atoms with Gasteiger partial charge in [0.05, 0.1) is 17.1 Å². The monoisotopic (exact) mass is 341 g/mol. The number of nitrogens with one attached hydrogen (secondary N) is 1. The molecule has 1 aromatic heterocycles. The highest BCUT2D eigenvalue weighted by molar-refractivity contribution is 6.30. The van der Waals surface area contributed by atoms with Crippen molar-refractivity contribution in [3.63, 3.8) is 0 Å². The summed E-state index contributed by atoms with van der Waals surface area (Å²) >= 11 is 6.05. The zero-order valence-electron chi connectivity index (χ0n) is 13.2. The molecule has 2 N–H and O–H groups in total. The summed E-state index contributed by atoms with van der Waals surface area (Å²) in [6, 6.07) is 12.4. The molecule has 0 fully saturated rings. The number of aromatic carboxylic acids is 1. The topological polar surface area (TPSA) is 75.1 Å². The molecule has 0 aliphatic heterocycles. The number of carboxylic acid groups (broad SMARTS) is 1. The van der Waals surface area contributed by atoms with Gasteiger partial charge >= 0.3 is 5.97 Å². The summed E-state index contributed by atoms with van der Waals surface area (Å²) in [5.41, 5.74) is 1.92. The predicted octanol–water partition coefficient (Wildman–Crippen LogP) is 4.46. The molecule has 5 nitrogen and oxygen atoms in total. The average Bonchev–Trinajstić information content (AvgIpc) is 2.54. The third-order valence-electron chi connectivity index (χ3n) is 3.76. The lowest BCUT2D eigenvalue weighted by Gasteiger charge is -2.17. The van der Waals surface area contributed by atoms with Gasteiger partial charge in [-0.2, -0.15) is 0 Å². The first-order valence-corrected chi connectivity index (χ1v) is 7.85. The minimum Gasteiger partial charge on any atom is -0.478 e. The summed E-state index contributed by atoms with van der Waals surface area (Å²) in [7, 11) is 0. The zero-order chi connectivity index (χ0) is 17.3. The van der Waals surface area contributed by atoms with E-state index in [1.807, 2.05) is 31.2 Å². The molecular weight excluding hydrogens is 326 g/mol. The van der Waals surface area contributed by atoms with Crippen molar-refractivity contribution in [3.05, 3.63) is 64.4 Å².